The smallest absolute Gasteiger partial charge is 0.235 e. The summed E-state index contributed by atoms with van der Waals surface area (Å²) in [4.78, 5) is 14.5. The average Bonchev–Trinajstić information content (AvgIpc) is 2.97. The zero-order valence-electron chi connectivity index (χ0n) is 9.58. The van der Waals surface area contributed by atoms with Gasteiger partial charge in [-0.3, -0.25) is 4.79 Å². The molecule has 0 spiro atoms. The standard InChI is InChI=1S/C11H20N2OS/c1-3-7-13(8-4-2)10(14)11(5-6-11)9(12)15/h3-8H2,1-2H3,(H2,12,15). The highest BCUT2D eigenvalue weighted by atomic mass is 32.1. The van der Waals surface area contributed by atoms with Gasteiger partial charge in [-0.15, -0.1) is 0 Å². The van der Waals surface area contributed by atoms with Gasteiger partial charge >= 0.3 is 0 Å². The van der Waals surface area contributed by atoms with Crippen molar-refractivity contribution in [1.82, 2.24) is 4.90 Å². The Kier molecular flexibility index (Phi) is 4.08. The van der Waals surface area contributed by atoms with E-state index in [4.69, 9.17) is 18.0 Å². The third-order valence-electron chi connectivity index (χ3n) is 2.91. The summed E-state index contributed by atoms with van der Waals surface area (Å²) in [5.41, 5.74) is 5.18. The predicted octanol–water partition coefficient (Wildman–Crippen LogP) is 1.70. The summed E-state index contributed by atoms with van der Waals surface area (Å²) in [6.07, 6.45) is 3.65. The number of thiocarbonyl (C=S) groups is 1. The maximum atomic E-state index is 12.2. The van der Waals surface area contributed by atoms with E-state index in [1.807, 2.05) is 4.90 Å². The van der Waals surface area contributed by atoms with Gasteiger partial charge in [0.1, 0.15) is 0 Å². The van der Waals surface area contributed by atoms with E-state index in [0.29, 0.717) is 4.99 Å². The quantitative estimate of drug-likeness (QED) is 0.704. The van der Waals surface area contributed by atoms with Gasteiger partial charge in [-0.05, 0) is 25.7 Å². The van der Waals surface area contributed by atoms with Crippen molar-refractivity contribution in [2.75, 3.05) is 13.1 Å². The van der Waals surface area contributed by atoms with Crippen LogP contribution in [-0.2, 0) is 4.79 Å². The minimum Gasteiger partial charge on any atom is -0.392 e. The van der Waals surface area contributed by atoms with Crippen molar-refractivity contribution in [2.24, 2.45) is 11.1 Å². The number of amides is 1. The van der Waals surface area contributed by atoms with Crippen LogP contribution < -0.4 is 5.73 Å². The molecule has 1 saturated carbocycles. The van der Waals surface area contributed by atoms with Gasteiger partial charge in [-0.25, -0.2) is 0 Å². The molecular formula is C11H20N2OS. The summed E-state index contributed by atoms with van der Waals surface area (Å²) in [6, 6.07) is 0. The molecule has 0 aromatic carbocycles. The normalized spacial score (nSPS) is 17.2. The molecule has 0 unspecified atom stereocenters. The highest BCUT2D eigenvalue weighted by molar-refractivity contribution is 7.80. The second-order valence-corrected chi connectivity index (χ2v) is 4.68. The van der Waals surface area contributed by atoms with Crippen LogP contribution in [0.3, 0.4) is 0 Å². The Balaban J connectivity index is 2.67. The number of hydrogen-bond donors (Lipinski definition) is 1. The molecule has 15 heavy (non-hydrogen) atoms. The summed E-state index contributed by atoms with van der Waals surface area (Å²) >= 11 is 4.99. The minimum atomic E-state index is -0.473. The van der Waals surface area contributed by atoms with Gasteiger partial charge in [0.25, 0.3) is 0 Å². The van der Waals surface area contributed by atoms with Crippen LogP contribution in [-0.4, -0.2) is 28.9 Å². The third kappa shape index (κ3) is 2.48. The molecule has 0 aliphatic heterocycles. The minimum absolute atomic E-state index is 0.152. The molecular weight excluding hydrogens is 208 g/mol. The molecule has 1 aliphatic carbocycles. The zero-order valence-corrected chi connectivity index (χ0v) is 10.4. The summed E-state index contributed by atoms with van der Waals surface area (Å²) in [5.74, 6) is 0.152. The molecule has 1 fully saturated rings. The van der Waals surface area contributed by atoms with Gasteiger partial charge < -0.3 is 10.6 Å². The molecule has 0 bridgehead atoms. The maximum absolute atomic E-state index is 12.2. The van der Waals surface area contributed by atoms with E-state index in [2.05, 4.69) is 13.8 Å². The molecule has 0 radical (unpaired) electrons. The fraction of sp³-hybridized carbons (Fsp3) is 0.818. The van der Waals surface area contributed by atoms with E-state index < -0.39 is 5.41 Å². The fourth-order valence-electron chi connectivity index (χ4n) is 1.85. The average molecular weight is 228 g/mol. The summed E-state index contributed by atoms with van der Waals surface area (Å²) in [7, 11) is 0. The van der Waals surface area contributed by atoms with Gasteiger partial charge in [0.05, 0.1) is 10.4 Å². The molecule has 0 saturated heterocycles. The van der Waals surface area contributed by atoms with E-state index in [0.717, 1.165) is 38.8 Å². The maximum Gasteiger partial charge on any atom is 0.235 e. The van der Waals surface area contributed by atoms with E-state index in [-0.39, 0.29) is 5.91 Å². The summed E-state index contributed by atoms with van der Waals surface area (Å²) < 4.78 is 0. The number of nitrogens with zero attached hydrogens (tertiary/aromatic N) is 1. The first-order valence-electron chi connectivity index (χ1n) is 5.67. The topological polar surface area (TPSA) is 46.3 Å². The molecule has 1 amide bonds. The molecule has 86 valence electrons. The second-order valence-electron chi connectivity index (χ2n) is 4.24. The first-order valence-corrected chi connectivity index (χ1v) is 6.08. The van der Waals surface area contributed by atoms with Gasteiger partial charge in [0.2, 0.25) is 5.91 Å². The molecule has 0 aromatic heterocycles. The van der Waals surface area contributed by atoms with E-state index >= 15 is 0 Å². The first-order chi connectivity index (χ1) is 7.08. The lowest BCUT2D eigenvalue weighted by atomic mass is 10.1. The first kappa shape index (κ1) is 12.4. The van der Waals surface area contributed by atoms with Crippen molar-refractivity contribution in [3.8, 4) is 0 Å². The van der Waals surface area contributed by atoms with E-state index in [1.165, 1.54) is 0 Å². The van der Waals surface area contributed by atoms with Crippen LogP contribution >= 0.6 is 12.2 Å². The molecule has 1 aliphatic rings. The van der Waals surface area contributed by atoms with Gasteiger partial charge in [-0.1, -0.05) is 26.1 Å². The van der Waals surface area contributed by atoms with Crippen LogP contribution in [0.4, 0.5) is 0 Å². The van der Waals surface area contributed by atoms with E-state index in [9.17, 15) is 4.79 Å². The van der Waals surface area contributed by atoms with E-state index in [1.54, 1.807) is 0 Å². The molecule has 0 aromatic rings. The number of rotatable bonds is 6. The van der Waals surface area contributed by atoms with Crippen LogP contribution in [0.5, 0.6) is 0 Å². The molecule has 0 atom stereocenters. The lowest BCUT2D eigenvalue weighted by Crippen LogP contribution is -2.43. The van der Waals surface area contributed by atoms with Gasteiger partial charge in [0, 0.05) is 13.1 Å². The highest BCUT2D eigenvalue weighted by Gasteiger charge is 2.54. The Labute approximate surface area is 97.0 Å². The highest BCUT2D eigenvalue weighted by Crippen LogP contribution is 2.47. The second kappa shape index (κ2) is 4.92. The number of nitrogens with two attached hydrogens (primary N) is 1. The number of carbonyl (C=O) groups excluding carboxylic acids is 1. The lowest BCUT2D eigenvalue weighted by Gasteiger charge is -2.26. The fourth-order valence-corrected chi connectivity index (χ4v) is 2.14. The Morgan fingerprint density at radius 2 is 1.80 bits per heavy atom. The third-order valence-corrected chi connectivity index (χ3v) is 3.30. The molecule has 3 nitrogen and oxygen atoms in total. The predicted molar refractivity (Wildman–Crippen MR) is 65.6 cm³/mol. The van der Waals surface area contributed by atoms with Crippen molar-refractivity contribution in [2.45, 2.75) is 39.5 Å². The largest absolute Gasteiger partial charge is 0.392 e. The molecule has 4 heteroatoms. The van der Waals surface area contributed by atoms with Gasteiger partial charge in [-0.2, -0.15) is 0 Å². The SMILES string of the molecule is CCCN(CCC)C(=O)C1(C(N)=S)CC1. The van der Waals surface area contributed by atoms with Crippen LogP contribution in [0.1, 0.15) is 39.5 Å². The van der Waals surface area contributed by atoms with Crippen molar-refractivity contribution >= 4 is 23.1 Å². The Hall–Kier alpha value is -0.640. The number of carbonyl (C=O) groups is 1. The Morgan fingerprint density at radius 1 is 1.33 bits per heavy atom. The monoisotopic (exact) mass is 228 g/mol. The Bertz CT molecular complexity index is 255. The molecule has 2 N–H and O–H groups in total. The lowest BCUT2D eigenvalue weighted by molar-refractivity contribution is -0.134. The number of hydrogen-bond acceptors (Lipinski definition) is 2. The van der Waals surface area contributed by atoms with Crippen LogP contribution in [0.15, 0.2) is 0 Å². The van der Waals surface area contributed by atoms with Crippen LogP contribution in [0.2, 0.25) is 0 Å². The Morgan fingerprint density at radius 3 is 2.07 bits per heavy atom. The molecule has 1 rings (SSSR count). The van der Waals surface area contributed by atoms with Crippen molar-refractivity contribution < 1.29 is 4.79 Å². The summed E-state index contributed by atoms with van der Waals surface area (Å²) in [5, 5.41) is 0. The van der Waals surface area contributed by atoms with Crippen molar-refractivity contribution in [1.29, 1.82) is 0 Å². The van der Waals surface area contributed by atoms with Crippen LogP contribution in [0, 0.1) is 5.41 Å². The van der Waals surface area contributed by atoms with Gasteiger partial charge in [0.15, 0.2) is 0 Å². The van der Waals surface area contributed by atoms with Crippen molar-refractivity contribution in [3.63, 3.8) is 0 Å². The molecule has 0 heterocycles. The van der Waals surface area contributed by atoms with Crippen molar-refractivity contribution in [3.05, 3.63) is 0 Å². The van der Waals surface area contributed by atoms with Crippen LogP contribution in [0.25, 0.3) is 0 Å². The summed E-state index contributed by atoms with van der Waals surface area (Å²) in [6.45, 7) is 5.79. The zero-order chi connectivity index (χ0) is 11.5.